The Labute approximate surface area is 128 Å². The summed E-state index contributed by atoms with van der Waals surface area (Å²) in [4.78, 5) is 12.0. The van der Waals surface area contributed by atoms with Crippen molar-refractivity contribution in [2.24, 2.45) is 0 Å². The van der Waals surface area contributed by atoms with Gasteiger partial charge in [0.2, 0.25) is 0 Å². The lowest BCUT2D eigenvalue weighted by Crippen LogP contribution is -2.27. The molecule has 0 radical (unpaired) electrons. The lowest BCUT2D eigenvalue weighted by Gasteiger charge is -2.15. The molecule has 0 aliphatic rings. The zero-order chi connectivity index (χ0) is 17.2. The normalized spacial score (nSPS) is 12.8. The molecule has 1 unspecified atom stereocenters. The molecular weight excluding hydrogens is 317 g/mol. The molecule has 23 heavy (non-hydrogen) atoms. The maximum absolute atomic E-state index is 13.6. The van der Waals surface area contributed by atoms with Crippen LogP contribution in [0.5, 0.6) is 0 Å². The van der Waals surface area contributed by atoms with Gasteiger partial charge in [-0.25, -0.2) is 8.78 Å². The summed E-state index contributed by atoms with van der Waals surface area (Å²) in [5.74, 6) is -2.03. The number of alkyl halides is 3. The van der Waals surface area contributed by atoms with Crippen LogP contribution in [-0.2, 0) is 6.18 Å². The third-order valence-corrected chi connectivity index (χ3v) is 3.25. The van der Waals surface area contributed by atoms with Gasteiger partial charge in [-0.2, -0.15) is 13.2 Å². The number of benzene rings is 2. The van der Waals surface area contributed by atoms with Gasteiger partial charge in [0.05, 0.1) is 11.6 Å². The van der Waals surface area contributed by atoms with Crippen molar-refractivity contribution in [2.45, 2.75) is 19.1 Å². The van der Waals surface area contributed by atoms with Gasteiger partial charge in [-0.1, -0.05) is 0 Å². The van der Waals surface area contributed by atoms with Crippen molar-refractivity contribution in [3.8, 4) is 0 Å². The van der Waals surface area contributed by atoms with Crippen LogP contribution in [0.2, 0.25) is 0 Å². The van der Waals surface area contributed by atoms with E-state index in [0.717, 1.165) is 42.5 Å². The molecule has 2 rings (SSSR count). The SMILES string of the molecule is CC(NC(=O)c1ccc(C(F)(F)F)cc1)c1cc(F)ccc1F. The van der Waals surface area contributed by atoms with E-state index in [4.69, 9.17) is 0 Å². The lowest BCUT2D eigenvalue weighted by molar-refractivity contribution is -0.137. The summed E-state index contributed by atoms with van der Waals surface area (Å²) in [7, 11) is 0. The van der Waals surface area contributed by atoms with Crippen LogP contribution in [0.4, 0.5) is 22.0 Å². The fraction of sp³-hybridized carbons (Fsp3) is 0.188. The molecule has 0 bridgehead atoms. The zero-order valence-electron chi connectivity index (χ0n) is 11.9. The summed E-state index contributed by atoms with van der Waals surface area (Å²) in [6.45, 7) is 1.44. The van der Waals surface area contributed by atoms with E-state index in [2.05, 4.69) is 5.32 Å². The van der Waals surface area contributed by atoms with Crippen LogP contribution in [0.1, 0.15) is 34.5 Å². The Balaban J connectivity index is 2.14. The Morgan fingerprint density at radius 2 is 1.65 bits per heavy atom. The van der Waals surface area contributed by atoms with Gasteiger partial charge in [-0.05, 0) is 49.4 Å². The molecule has 0 fully saturated rings. The Bertz CT molecular complexity index is 709. The molecule has 1 N–H and O–H groups in total. The Morgan fingerprint density at radius 1 is 1.04 bits per heavy atom. The van der Waals surface area contributed by atoms with E-state index in [1.807, 2.05) is 0 Å². The monoisotopic (exact) mass is 329 g/mol. The Kier molecular flexibility index (Phi) is 4.68. The van der Waals surface area contributed by atoms with Crippen LogP contribution in [0.25, 0.3) is 0 Å². The second-order valence-electron chi connectivity index (χ2n) is 4.94. The molecule has 0 aromatic heterocycles. The molecule has 0 heterocycles. The minimum absolute atomic E-state index is 0.0124. The Hall–Kier alpha value is -2.44. The predicted octanol–water partition coefficient (Wildman–Crippen LogP) is 4.47. The van der Waals surface area contributed by atoms with Crippen molar-refractivity contribution in [3.05, 3.63) is 70.8 Å². The van der Waals surface area contributed by atoms with E-state index in [1.165, 1.54) is 6.92 Å². The molecule has 0 saturated heterocycles. The van der Waals surface area contributed by atoms with Crippen LogP contribution in [0.15, 0.2) is 42.5 Å². The third-order valence-electron chi connectivity index (χ3n) is 3.25. The number of carbonyl (C=O) groups excluding carboxylic acids is 1. The highest BCUT2D eigenvalue weighted by atomic mass is 19.4. The first-order valence-corrected chi connectivity index (χ1v) is 6.61. The number of hydrogen-bond acceptors (Lipinski definition) is 1. The zero-order valence-corrected chi connectivity index (χ0v) is 11.9. The number of nitrogens with one attached hydrogen (secondary N) is 1. The van der Waals surface area contributed by atoms with E-state index in [-0.39, 0.29) is 11.1 Å². The highest BCUT2D eigenvalue weighted by Gasteiger charge is 2.30. The number of halogens is 5. The maximum Gasteiger partial charge on any atom is 0.416 e. The molecule has 7 heteroatoms. The quantitative estimate of drug-likeness (QED) is 0.827. The van der Waals surface area contributed by atoms with Crippen molar-refractivity contribution >= 4 is 5.91 Å². The minimum atomic E-state index is -4.49. The first kappa shape index (κ1) is 16.9. The molecule has 0 aliphatic heterocycles. The molecule has 2 aromatic rings. The van der Waals surface area contributed by atoms with E-state index in [1.54, 1.807) is 0 Å². The van der Waals surface area contributed by atoms with Gasteiger partial charge < -0.3 is 5.32 Å². The smallest absolute Gasteiger partial charge is 0.345 e. The van der Waals surface area contributed by atoms with Crippen molar-refractivity contribution in [1.82, 2.24) is 5.32 Å². The second kappa shape index (κ2) is 6.36. The average Bonchev–Trinajstić information content (AvgIpc) is 2.48. The summed E-state index contributed by atoms with van der Waals surface area (Å²) in [6, 6.07) is 5.59. The van der Waals surface area contributed by atoms with Crippen molar-refractivity contribution in [3.63, 3.8) is 0 Å². The molecule has 0 spiro atoms. The van der Waals surface area contributed by atoms with Gasteiger partial charge in [0, 0.05) is 11.1 Å². The molecule has 0 saturated carbocycles. The minimum Gasteiger partial charge on any atom is -0.345 e. The molecule has 2 aromatic carbocycles. The molecule has 1 amide bonds. The van der Waals surface area contributed by atoms with E-state index >= 15 is 0 Å². The predicted molar refractivity (Wildman–Crippen MR) is 73.7 cm³/mol. The van der Waals surface area contributed by atoms with Gasteiger partial charge in [0.25, 0.3) is 5.91 Å². The number of rotatable bonds is 3. The fourth-order valence-corrected chi connectivity index (χ4v) is 2.01. The van der Waals surface area contributed by atoms with Crippen molar-refractivity contribution in [2.75, 3.05) is 0 Å². The van der Waals surface area contributed by atoms with Crippen LogP contribution < -0.4 is 5.32 Å². The average molecular weight is 329 g/mol. The summed E-state index contributed by atoms with van der Waals surface area (Å²) >= 11 is 0. The largest absolute Gasteiger partial charge is 0.416 e. The first-order valence-electron chi connectivity index (χ1n) is 6.61. The molecule has 2 nitrogen and oxygen atoms in total. The van der Waals surface area contributed by atoms with Crippen molar-refractivity contribution < 1.29 is 26.7 Å². The highest BCUT2D eigenvalue weighted by Crippen LogP contribution is 2.29. The summed E-state index contributed by atoms with van der Waals surface area (Å²) in [6.07, 6.45) is -4.49. The first-order chi connectivity index (χ1) is 10.7. The summed E-state index contributed by atoms with van der Waals surface area (Å²) in [5, 5.41) is 2.41. The third kappa shape index (κ3) is 4.06. The molecular formula is C16H12F5NO. The fourth-order valence-electron chi connectivity index (χ4n) is 2.01. The van der Waals surface area contributed by atoms with Gasteiger partial charge in [0.1, 0.15) is 11.6 Å². The van der Waals surface area contributed by atoms with Crippen molar-refractivity contribution in [1.29, 1.82) is 0 Å². The Morgan fingerprint density at radius 3 is 2.22 bits per heavy atom. The topological polar surface area (TPSA) is 29.1 Å². The van der Waals surface area contributed by atoms with Gasteiger partial charge in [-0.15, -0.1) is 0 Å². The number of amides is 1. The second-order valence-corrected chi connectivity index (χ2v) is 4.94. The molecule has 122 valence electrons. The highest BCUT2D eigenvalue weighted by molar-refractivity contribution is 5.94. The summed E-state index contributed by atoms with van der Waals surface area (Å²) < 4.78 is 64.1. The number of carbonyl (C=O) groups is 1. The van der Waals surface area contributed by atoms with Crippen LogP contribution >= 0.6 is 0 Å². The molecule has 0 aliphatic carbocycles. The van der Waals surface area contributed by atoms with Gasteiger partial charge in [0.15, 0.2) is 0 Å². The number of hydrogen-bond donors (Lipinski definition) is 1. The van der Waals surface area contributed by atoms with Crippen LogP contribution in [-0.4, -0.2) is 5.91 Å². The molecule has 1 atom stereocenters. The van der Waals surface area contributed by atoms with Crippen LogP contribution in [0.3, 0.4) is 0 Å². The lowest BCUT2D eigenvalue weighted by atomic mass is 10.1. The van der Waals surface area contributed by atoms with E-state index in [9.17, 15) is 26.7 Å². The van der Waals surface area contributed by atoms with Gasteiger partial charge in [-0.3, -0.25) is 4.79 Å². The van der Waals surface area contributed by atoms with E-state index < -0.39 is 35.3 Å². The van der Waals surface area contributed by atoms with Crippen LogP contribution in [0, 0.1) is 11.6 Å². The van der Waals surface area contributed by atoms with E-state index in [0.29, 0.717) is 0 Å². The van der Waals surface area contributed by atoms with Gasteiger partial charge >= 0.3 is 6.18 Å². The standard InChI is InChI=1S/C16H12F5NO/c1-9(13-8-12(17)6-7-14(13)18)22-15(23)10-2-4-11(5-3-10)16(19,20)21/h2-9H,1H3,(H,22,23). The summed E-state index contributed by atoms with van der Waals surface area (Å²) in [5.41, 5.74) is -0.940. The maximum atomic E-state index is 13.6.